The summed E-state index contributed by atoms with van der Waals surface area (Å²) in [5.41, 5.74) is 6.28. The smallest absolute Gasteiger partial charge is 0.272 e. The molecule has 2 atom stereocenters. The van der Waals surface area contributed by atoms with Crippen LogP contribution in [0.3, 0.4) is 0 Å². The van der Waals surface area contributed by atoms with Crippen molar-refractivity contribution < 1.29 is 4.79 Å². The fraction of sp³-hybridized carbons (Fsp3) is 0.636. The molecule has 2 rings (SSSR count). The first-order chi connectivity index (χ1) is 7.74. The lowest BCUT2D eigenvalue weighted by Crippen LogP contribution is -2.51. The van der Waals surface area contributed by atoms with Gasteiger partial charge in [-0.3, -0.25) is 9.89 Å². The fourth-order valence-electron chi connectivity index (χ4n) is 2.40. The highest BCUT2D eigenvalue weighted by molar-refractivity contribution is 5.92. The number of nitrogens with one attached hydrogen (secondary N) is 1. The summed E-state index contributed by atoms with van der Waals surface area (Å²) >= 11 is 0. The Labute approximate surface area is 95.0 Å². The van der Waals surface area contributed by atoms with Crippen molar-refractivity contribution >= 4 is 5.91 Å². The van der Waals surface area contributed by atoms with E-state index in [1.54, 1.807) is 12.3 Å². The Morgan fingerprint density at radius 2 is 2.50 bits per heavy atom. The maximum Gasteiger partial charge on any atom is 0.272 e. The number of carbonyl (C=O) groups is 1. The van der Waals surface area contributed by atoms with Crippen molar-refractivity contribution in [3.63, 3.8) is 0 Å². The molecule has 1 aromatic rings. The highest BCUT2D eigenvalue weighted by atomic mass is 16.2. The molecule has 1 saturated heterocycles. The maximum absolute atomic E-state index is 12.2. The van der Waals surface area contributed by atoms with Gasteiger partial charge < -0.3 is 10.6 Å². The Morgan fingerprint density at radius 1 is 1.69 bits per heavy atom. The van der Waals surface area contributed by atoms with Crippen molar-refractivity contribution in [2.75, 3.05) is 6.54 Å². The highest BCUT2D eigenvalue weighted by Gasteiger charge is 2.31. The second-order valence-corrected chi connectivity index (χ2v) is 4.35. The van der Waals surface area contributed by atoms with Crippen LogP contribution in [0.4, 0.5) is 0 Å². The Kier molecular flexibility index (Phi) is 3.24. The van der Waals surface area contributed by atoms with Gasteiger partial charge in [0, 0.05) is 24.8 Å². The maximum atomic E-state index is 12.2. The summed E-state index contributed by atoms with van der Waals surface area (Å²) in [6.45, 7) is 2.61. The zero-order valence-electron chi connectivity index (χ0n) is 9.52. The van der Waals surface area contributed by atoms with Crippen LogP contribution < -0.4 is 5.73 Å². The number of H-pyrrole nitrogens is 1. The monoisotopic (exact) mass is 222 g/mol. The molecule has 2 unspecified atom stereocenters. The summed E-state index contributed by atoms with van der Waals surface area (Å²) in [5.74, 6) is 0.0140. The summed E-state index contributed by atoms with van der Waals surface area (Å²) in [7, 11) is 0. The van der Waals surface area contributed by atoms with Crippen LogP contribution in [0.2, 0.25) is 0 Å². The summed E-state index contributed by atoms with van der Waals surface area (Å²) in [6.07, 6.45) is 4.80. The second-order valence-electron chi connectivity index (χ2n) is 4.35. The zero-order chi connectivity index (χ0) is 11.5. The van der Waals surface area contributed by atoms with Crippen LogP contribution in [0.1, 0.15) is 36.7 Å². The number of amides is 1. The first kappa shape index (κ1) is 11.1. The van der Waals surface area contributed by atoms with Crippen LogP contribution in [0.5, 0.6) is 0 Å². The molecule has 0 radical (unpaired) electrons. The third-order valence-corrected chi connectivity index (χ3v) is 3.27. The molecular weight excluding hydrogens is 204 g/mol. The summed E-state index contributed by atoms with van der Waals surface area (Å²) in [4.78, 5) is 14.1. The van der Waals surface area contributed by atoms with Crippen LogP contribution in [-0.2, 0) is 0 Å². The first-order valence-electron chi connectivity index (χ1n) is 5.76. The Balaban J connectivity index is 2.19. The van der Waals surface area contributed by atoms with Crippen LogP contribution in [-0.4, -0.2) is 39.6 Å². The van der Waals surface area contributed by atoms with Gasteiger partial charge in [-0.1, -0.05) is 0 Å². The normalized spacial score (nSPS) is 25.8. The number of hydrogen-bond donors (Lipinski definition) is 2. The summed E-state index contributed by atoms with van der Waals surface area (Å²) in [5, 5.41) is 6.53. The van der Waals surface area contributed by atoms with E-state index in [0.29, 0.717) is 12.2 Å². The van der Waals surface area contributed by atoms with E-state index in [-0.39, 0.29) is 18.0 Å². The highest BCUT2D eigenvalue weighted by Crippen LogP contribution is 2.23. The van der Waals surface area contributed by atoms with Crippen molar-refractivity contribution in [2.24, 2.45) is 5.73 Å². The minimum absolute atomic E-state index is 0.0140. The number of aromatic amines is 1. The van der Waals surface area contributed by atoms with Gasteiger partial charge in [-0.05, 0) is 32.3 Å². The van der Waals surface area contributed by atoms with Gasteiger partial charge in [-0.25, -0.2) is 0 Å². The average molecular weight is 222 g/mol. The number of hydrogen-bond acceptors (Lipinski definition) is 3. The molecule has 1 amide bonds. The lowest BCUT2D eigenvalue weighted by atomic mass is 9.96. The number of likely N-dealkylation sites (tertiary alicyclic amines) is 1. The van der Waals surface area contributed by atoms with E-state index < -0.39 is 0 Å². The molecule has 0 saturated carbocycles. The van der Waals surface area contributed by atoms with Gasteiger partial charge in [-0.2, -0.15) is 5.10 Å². The van der Waals surface area contributed by atoms with E-state index in [2.05, 4.69) is 17.1 Å². The molecule has 0 bridgehead atoms. The molecule has 1 aromatic heterocycles. The van der Waals surface area contributed by atoms with E-state index in [9.17, 15) is 4.79 Å². The second kappa shape index (κ2) is 4.65. The van der Waals surface area contributed by atoms with Crippen molar-refractivity contribution in [1.82, 2.24) is 15.1 Å². The number of piperidine rings is 1. The Hall–Kier alpha value is -1.36. The largest absolute Gasteiger partial charge is 0.330 e. The van der Waals surface area contributed by atoms with E-state index in [0.717, 1.165) is 19.3 Å². The van der Waals surface area contributed by atoms with E-state index in [1.807, 2.05) is 4.90 Å². The van der Waals surface area contributed by atoms with Crippen molar-refractivity contribution in [1.29, 1.82) is 0 Å². The lowest BCUT2D eigenvalue weighted by Gasteiger charge is -2.40. The lowest BCUT2D eigenvalue weighted by molar-refractivity contribution is 0.0488. The number of aromatic nitrogens is 2. The average Bonchev–Trinajstić information content (AvgIpc) is 2.81. The van der Waals surface area contributed by atoms with Crippen LogP contribution in [0.15, 0.2) is 12.3 Å². The predicted octanol–water partition coefficient (Wildman–Crippen LogP) is 0.752. The van der Waals surface area contributed by atoms with Gasteiger partial charge in [0.2, 0.25) is 0 Å². The molecule has 1 aliphatic rings. The van der Waals surface area contributed by atoms with Gasteiger partial charge in [0.25, 0.3) is 5.91 Å². The van der Waals surface area contributed by atoms with E-state index in [4.69, 9.17) is 5.73 Å². The SMILES string of the molecule is CC1CCCC(CN)N1C(=O)c1ccn[nH]1. The van der Waals surface area contributed by atoms with Crippen molar-refractivity contribution in [3.05, 3.63) is 18.0 Å². The van der Waals surface area contributed by atoms with Crippen molar-refractivity contribution in [3.8, 4) is 0 Å². The molecule has 0 spiro atoms. The first-order valence-corrected chi connectivity index (χ1v) is 5.76. The number of carbonyl (C=O) groups excluding carboxylic acids is 1. The number of nitrogens with two attached hydrogens (primary N) is 1. The molecule has 5 nitrogen and oxygen atoms in total. The van der Waals surface area contributed by atoms with Crippen LogP contribution in [0, 0.1) is 0 Å². The molecule has 1 fully saturated rings. The molecule has 2 heterocycles. The van der Waals surface area contributed by atoms with Gasteiger partial charge in [0.15, 0.2) is 0 Å². The standard InChI is InChI=1S/C11H18N4O/c1-8-3-2-4-9(7-12)15(8)11(16)10-5-6-13-14-10/h5-6,8-9H,2-4,7,12H2,1H3,(H,13,14). The minimum atomic E-state index is 0.0140. The Morgan fingerprint density at radius 3 is 3.12 bits per heavy atom. The molecular formula is C11H18N4O. The van der Waals surface area contributed by atoms with Gasteiger partial charge in [0.05, 0.1) is 0 Å². The molecule has 5 heteroatoms. The molecule has 0 aliphatic carbocycles. The molecule has 16 heavy (non-hydrogen) atoms. The molecule has 0 aromatic carbocycles. The van der Waals surface area contributed by atoms with Crippen LogP contribution in [0.25, 0.3) is 0 Å². The zero-order valence-corrected chi connectivity index (χ0v) is 9.52. The number of rotatable bonds is 2. The van der Waals surface area contributed by atoms with E-state index >= 15 is 0 Å². The third-order valence-electron chi connectivity index (χ3n) is 3.27. The third kappa shape index (κ3) is 1.95. The van der Waals surface area contributed by atoms with E-state index in [1.165, 1.54) is 0 Å². The fourth-order valence-corrected chi connectivity index (χ4v) is 2.40. The predicted molar refractivity (Wildman–Crippen MR) is 60.9 cm³/mol. The topological polar surface area (TPSA) is 75.0 Å². The minimum Gasteiger partial charge on any atom is -0.330 e. The van der Waals surface area contributed by atoms with Gasteiger partial charge in [0.1, 0.15) is 5.69 Å². The quantitative estimate of drug-likeness (QED) is 0.775. The van der Waals surface area contributed by atoms with Gasteiger partial charge in [-0.15, -0.1) is 0 Å². The molecule has 3 N–H and O–H groups in total. The van der Waals surface area contributed by atoms with Gasteiger partial charge >= 0.3 is 0 Å². The molecule has 1 aliphatic heterocycles. The summed E-state index contributed by atoms with van der Waals surface area (Å²) < 4.78 is 0. The summed E-state index contributed by atoms with van der Waals surface area (Å²) in [6, 6.07) is 2.13. The number of nitrogens with zero attached hydrogens (tertiary/aromatic N) is 2. The van der Waals surface area contributed by atoms with Crippen LogP contribution >= 0.6 is 0 Å². The Bertz CT molecular complexity index is 349. The molecule has 88 valence electrons. The van der Waals surface area contributed by atoms with Crippen molar-refractivity contribution in [2.45, 2.75) is 38.3 Å².